The molecule has 3 aromatic carbocycles. The van der Waals surface area contributed by atoms with Crippen LogP contribution in [-0.4, -0.2) is 39.0 Å². The normalized spacial score (nSPS) is 10.1. The Kier molecular flexibility index (Phi) is 6.83. The molecular formula is C20H18N2O9. The molecule has 0 amide bonds. The average Bonchev–Trinajstić information content (AvgIpc) is 2.73. The Morgan fingerprint density at radius 1 is 0.935 bits per heavy atom. The van der Waals surface area contributed by atoms with Gasteiger partial charge in [0.15, 0.2) is 17.2 Å². The number of aromatic carboxylic acids is 2. The predicted octanol–water partition coefficient (Wildman–Crippen LogP) is 1.50. The van der Waals surface area contributed by atoms with Crippen molar-refractivity contribution in [3.8, 4) is 17.2 Å². The Hall–Kier alpha value is -4.54. The first kappa shape index (κ1) is 22.7. The minimum atomic E-state index is -1.30. The highest BCUT2D eigenvalue weighted by molar-refractivity contribution is 5.94. The molecule has 3 aromatic rings. The molecule has 0 bridgehead atoms. The molecule has 0 unspecified atom stereocenters. The van der Waals surface area contributed by atoms with E-state index in [1.54, 1.807) is 6.92 Å². The van der Waals surface area contributed by atoms with E-state index in [4.69, 9.17) is 25.8 Å². The van der Waals surface area contributed by atoms with Crippen LogP contribution in [-0.2, 0) is 0 Å². The van der Waals surface area contributed by atoms with Crippen LogP contribution in [0.25, 0.3) is 0 Å². The van der Waals surface area contributed by atoms with Crippen LogP contribution in [0, 0.1) is 0 Å². The highest BCUT2D eigenvalue weighted by Gasteiger charge is 2.24. The Morgan fingerprint density at radius 3 is 2.00 bits per heavy atom. The van der Waals surface area contributed by atoms with Gasteiger partial charge in [-0.15, -0.1) is 0 Å². The van der Waals surface area contributed by atoms with Crippen molar-refractivity contribution in [1.29, 1.82) is 0 Å². The highest BCUT2D eigenvalue weighted by atomic mass is 16.5. The standard InChI is InChI=1S/C13H11NO6.C7H7NO3/c1-2-20-12-8(10(16)11(12)17)14-7-5-3-4-6(9(7)15)13(18)19;8-5-3-1-2-4(6(5)9)7(10)11/h3-5,14-15H,2H2,1H3,(H,18,19);1-3,9H,8H2,(H,10,11). The Balaban J connectivity index is 0.000000262. The molecule has 0 atom stereocenters. The fraction of sp³-hybridized carbons (Fsp3) is 0.100. The van der Waals surface area contributed by atoms with Crippen molar-refractivity contribution in [2.24, 2.45) is 0 Å². The third kappa shape index (κ3) is 4.72. The highest BCUT2D eigenvalue weighted by Crippen LogP contribution is 2.32. The maximum Gasteiger partial charge on any atom is 0.339 e. The second-order valence-corrected chi connectivity index (χ2v) is 5.98. The van der Waals surface area contributed by atoms with Gasteiger partial charge in [-0.25, -0.2) is 9.59 Å². The van der Waals surface area contributed by atoms with Gasteiger partial charge >= 0.3 is 11.9 Å². The molecule has 0 radical (unpaired) electrons. The van der Waals surface area contributed by atoms with E-state index >= 15 is 0 Å². The van der Waals surface area contributed by atoms with Crippen molar-refractivity contribution < 1.29 is 34.8 Å². The quantitative estimate of drug-likeness (QED) is 0.188. The van der Waals surface area contributed by atoms with Crippen molar-refractivity contribution in [2.75, 3.05) is 17.7 Å². The predicted molar refractivity (Wildman–Crippen MR) is 110 cm³/mol. The number of benzene rings is 2. The van der Waals surface area contributed by atoms with Crippen molar-refractivity contribution in [3.05, 3.63) is 68.0 Å². The van der Waals surface area contributed by atoms with E-state index in [-0.39, 0.29) is 46.3 Å². The molecule has 0 spiro atoms. The molecule has 11 nitrogen and oxygen atoms in total. The van der Waals surface area contributed by atoms with Crippen LogP contribution in [0.5, 0.6) is 17.2 Å². The summed E-state index contributed by atoms with van der Waals surface area (Å²) in [6.07, 6.45) is 0. The molecule has 0 fully saturated rings. The van der Waals surface area contributed by atoms with Crippen LogP contribution in [0.4, 0.5) is 17.1 Å². The van der Waals surface area contributed by atoms with Crippen LogP contribution >= 0.6 is 0 Å². The van der Waals surface area contributed by atoms with E-state index in [9.17, 15) is 24.3 Å². The number of carboxylic acid groups (broad SMARTS) is 2. The first-order valence-electron chi connectivity index (χ1n) is 8.69. The summed E-state index contributed by atoms with van der Waals surface area (Å²) in [6, 6.07) is 8.19. The fourth-order valence-electron chi connectivity index (χ4n) is 2.45. The smallest absolute Gasteiger partial charge is 0.339 e. The zero-order valence-corrected chi connectivity index (χ0v) is 16.1. The van der Waals surface area contributed by atoms with E-state index in [0.29, 0.717) is 0 Å². The van der Waals surface area contributed by atoms with Crippen molar-refractivity contribution in [3.63, 3.8) is 0 Å². The van der Waals surface area contributed by atoms with E-state index in [0.717, 1.165) is 0 Å². The molecule has 3 rings (SSSR count). The number of aromatic hydroxyl groups is 2. The van der Waals surface area contributed by atoms with Gasteiger partial charge in [-0.2, -0.15) is 0 Å². The molecule has 31 heavy (non-hydrogen) atoms. The lowest BCUT2D eigenvalue weighted by Gasteiger charge is -2.14. The average molecular weight is 430 g/mol. The molecule has 0 aliphatic heterocycles. The minimum Gasteiger partial charge on any atom is -0.505 e. The van der Waals surface area contributed by atoms with Crippen LogP contribution in [0.3, 0.4) is 0 Å². The number of carbonyl (C=O) groups is 2. The summed E-state index contributed by atoms with van der Waals surface area (Å²) in [7, 11) is 0. The summed E-state index contributed by atoms with van der Waals surface area (Å²) in [6.45, 7) is 1.86. The Morgan fingerprint density at radius 2 is 1.48 bits per heavy atom. The summed E-state index contributed by atoms with van der Waals surface area (Å²) in [5.74, 6) is -3.50. The van der Waals surface area contributed by atoms with Crippen molar-refractivity contribution >= 4 is 29.0 Å². The number of hydrogen-bond donors (Lipinski definition) is 6. The van der Waals surface area contributed by atoms with Gasteiger partial charge in [0.05, 0.1) is 18.0 Å². The molecule has 0 heterocycles. The number of para-hydroxylation sites is 2. The number of ether oxygens (including phenoxy) is 1. The van der Waals surface area contributed by atoms with Gasteiger partial charge < -0.3 is 36.2 Å². The second kappa shape index (κ2) is 9.31. The number of nitrogens with two attached hydrogens (primary N) is 1. The molecule has 0 saturated carbocycles. The maximum absolute atomic E-state index is 11.4. The summed E-state index contributed by atoms with van der Waals surface area (Å²) in [5, 5.41) is 38.7. The van der Waals surface area contributed by atoms with E-state index < -0.39 is 28.5 Å². The Bertz CT molecular complexity index is 1210. The van der Waals surface area contributed by atoms with Gasteiger partial charge in [0.1, 0.15) is 16.8 Å². The van der Waals surface area contributed by atoms with Crippen molar-refractivity contribution in [1.82, 2.24) is 0 Å². The number of carboxylic acids is 2. The summed E-state index contributed by atoms with van der Waals surface area (Å²) >= 11 is 0. The van der Waals surface area contributed by atoms with Crippen LogP contribution in [0.15, 0.2) is 46.0 Å². The first-order chi connectivity index (χ1) is 14.6. The molecule has 162 valence electrons. The van der Waals surface area contributed by atoms with Gasteiger partial charge in [-0.3, -0.25) is 9.59 Å². The van der Waals surface area contributed by atoms with Crippen LogP contribution in [0.2, 0.25) is 0 Å². The number of phenols is 2. The van der Waals surface area contributed by atoms with Gasteiger partial charge in [-0.1, -0.05) is 12.1 Å². The second-order valence-electron chi connectivity index (χ2n) is 5.98. The molecule has 0 saturated heterocycles. The van der Waals surface area contributed by atoms with E-state index in [1.807, 2.05) is 0 Å². The zero-order valence-electron chi connectivity index (χ0n) is 16.1. The first-order valence-corrected chi connectivity index (χ1v) is 8.69. The zero-order chi connectivity index (χ0) is 23.3. The third-order valence-electron chi connectivity index (χ3n) is 3.98. The number of nitrogen functional groups attached to an aromatic ring is 1. The van der Waals surface area contributed by atoms with Gasteiger partial charge in [-0.05, 0) is 31.2 Å². The van der Waals surface area contributed by atoms with E-state index in [2.05, 4.69) is 5.32 Å². The molecule has 11 heteroatoms. The lowest BCUT2D eigenvalue weighted by molar-refractivity contribution is 0.0682. The number of anilines is 3. The number of hydrogen-bond acceptors (Lipinski definition) is 9. The summed E-state index contributed by atoms with van der Waals surface area (Å²) in [5.41, 5.74) is 3.24. The van der Waals surface area contributed by atoms with Gasteiger partial charge in [0.25, 0.3) is 10.9 Å². The lowest BCUT2D eigenvalue weighted by Crippen LogP contribution is -2.35. The molecule has 7 N–H and O–H groups in total. The topological polar surface area (TPSA) is 196 Å². The van der Waals surface area contributed by atoms with Crippen LogP contribution in [0.1, 0.15) is 27.6 Å². The van der Waals surface area contributed by atoms with Crippen molar-refractivity contribution in [2.45, 2.75) is 6.92 Å². The monoisotopic (exact) mass is 430 g/mol. The summed E-state index contributed by atoms with van der Waals surface area (Å²) < 4.78 is 5.01. The van der Waals surface area contributed by atoms with Gasteiger partial charge in [0.2, 0.25) is 0 Å². The number of nitrogens with one attached hydrogen (secondary N) is 1. The third-order valence-corrected chi connectivity index (χ3v) is 3.98. The Labute approximate surface area is 174 Å². The number of rotatable bonds is 6. The summed E-state index contributed by atoms with van der Waals surface area (Å²) in [4.78, 5) is 44.0. The maximum atomic E-state index is 11.4. The molecular weight excluding hydrogens is 412 g/mol. The van der Waals surface area contributed by atoms with Gasteiger partial charge in [0, 0.05) is 0 Å². The fourth-order valence-corrected chi connectivity index (χ4v) is 2.45. The SMILES string of the molecule is CCOc1c(Nc2cccc(C(=O)O)c2O)c(=O)c1=O.Nc1cccc(C(=O)O)c1O. The minimum absolute atomic E-state index is 0.0120. The largest absolute Gasteiger partial charge is 0.505 e. The molecule has 0 aromatic heterocycles. The lowest BCUT2D eigenvalue weighted by atomic mass is 10.1. The molecule has 0 aliphatic carbocycles. The van der Waals surface area contributed by atoms with E-state index in [1.165, 1.54) is 36.4 Å². The molecule has 0 aliphatic rings. The van der Waals surface area contributed by atoms with Crippen LogP contribution < -0.4 is 26.6 Å².